The highest BCUT2D eigenvalue weighted by Crippen LogP contribution is 2.46. The van der Waals surface area contributed by atoms with Crippen LogP contribution in [0.4, 0.5) is 4.79 Å². The topological polar surface area (TPSA) is 132 Å². The van der Waals surface area contributed by atoms with E-state index in [0.717, 1.165) is 53.1 Å². The Morgan fingerprint density at radius 2 is 1.80 bits per heavy atom. The van der Waals surface area contributed by atoms with Gasteiger partial charge < -0.3 is 34.1 Å². The van der Waals surface area contributed by atoms with Crippen LogP contribution < -0.4 is 19.5 Å². The Morgan fingerprint density at radius 1 is 1.02 bits per heavy atom. The van der Waals surface area contributed by atoms with Gasteiger partial charge in [-0.25, -0.2) is 19.6 Å². The number of hydrogen-bond donors (Lipinski definition) is 1. The van der Waals surface area contributed by atoms with Crippen molar-refractivity contribution in [2.75, 3.05) is 33.9 Å². The molecule has 56 heavy (non-hydrogen) atoms. The largest absolute Gasteiger partial charge is 0.497 e. The fraction of sp³-hybridized carbons (Fsp3) is 0.465. The number of carbonyl (C=O) groups excluding carboxylic acids is 3. The van der Waals surface area contributed by atoms with Crippen molar-refractivity contribution in [3.63, 3.8) is 0 Å². The van der Waals surface area contributed by atoms with Crippen LogP contribution in [0.1, 0.15) is 76.5 Å². The standard InChI is InChI=1S/C43H51N5O7S/c1-6-54-41(50)43-23-29(43)12-10-8-7-9-11-19-47(24-28-13-15-30(52-4)16-14-28)42(51)48-25-32(21-37(48)39(49)46-43)55-38-22-35(40-45-36(26-56-40)27(2)3)44-34-20-31(53-5)17-18-33(34)38/h10,12-18,20,22,26-27,29,32,37H,6-9,11,19,21,23-25H2,1-5H3,(H,46,49)/b12-10-. The maximum absolute atomic E-state index is 14.8. The SMILES string of the molecule is CCOC(=O)C12CC1/C=C\CCCCCN(Cc1ccc(OC)cc1)C(=O)N1CC(Oc3cc(-c4nc(C(C)C)cs4)nc4cc(OC)ccc34)CC1C(=O)N2. The van der Waals surface area contributed by atoms with Crippen LogP contribution in [0.5, 0.6) is 17.2 Å². The van der Waals surface area contributed by atoms with Crippen molar-refractivity contribution < 1.29 is 33.3 Å². The lowest BCUT2D eigenvalue weighted by Crippen LogP contribution is -2.55. The number of urea groups is 1. The van der Waals surface area contributed by atoms with Gasteiger partial charge in [-0.2, -0.15) is 0 Å². The third kappa shape index (κ3) is 8.33. The van der Waals surface area contributed by atoms with Gasteiger partial charge in [0.2, 0.25) is 5.91 Å². The van der Waals surface area contributed by atoms with Gasteiger partial charge in [0.1, 0.15) is 45.6 Å². The number of thiazole rings is 1. The lowest BCUT2D eigenvalue weighted by molar-refractivity contribution is -0.149. The molecule has 12 nitrogen and oxygen atoms in total. The summed E-state index contributed by atoms with van der Waals surface area (Å²) < 4.78 is 23.2. The lowest BCUT2D eigenvalue weighted by atomic mass is 10.1. The molecule has 4 unspecified atom stereocenters. The molecule has 2 aromatic carbocycles. The number of allylic oxidation sites excluding steroid dienone is 1. The molecular formula is C43H51N5O7S. The monoisotopic (exact) mass is 781 g/mol. The van der Waals surface area contributed by atoms with Crippen LogP contribution in [0.15, 0.2) is 66.1 Å². The molecule has 4 aromatic rings. The van der Waals surface area contributed by atoms with E-state index in [-0.39, 0.29) is 37.4 Å². The Morgan fingerprint density at radius 3 is 2.54 bits per heavy atom. The van der Waals surface area contributed by atoms with Crippen LogP contribution in [-0.2, 0) is 20.9 Å². The van der Waals surface area contributed by atoms with E-state index in [1.54, 1.807) is 26.0 Å². The highest BCUT2D eigenvalue weighted by Gasteiger charge is 2.62. The molecule has 3 aliphatic rings. The van der Waals surface area contributed by atoms with Gasteiger partial charge in [0.25, 0.3) is 0 Å². The first kappa shape index (κ1) is 39.1. The smallest absolute Gasteiger partial charge is 0.332 e. The fourth-order valence-corrected chi connectivity index (χ4v) is 8.53. The van der Waals surface area contributed by atoms with Crippen LogP contribution in [-0.4, -0.2) is 89.3 Å². The predicted octanol–water partition coefficient (Wildman–Crippen LogP) is 7.51. The minimum atomic E-state index is -1.17. The maximum atomic E-state index is 14.8. The van der Waals surface area contributed by atoms with E-state index in [2.05, 4.69) is 25.2 Å². The molecule has 1 saturated carbocycles. The Kier molecular flexibility index (Phi) is 11.8. The number of hydrogen-bond acceptors (Lipinski definition) is 10. The molecule has 0 bridgehead atoms. The van der Waals surface area contributed by atoms with Crippen molar-refractivity contribution in [1.29, 1.82) is 0 Å². The summed E-state index contributed by atoms with van der Waals surface area (Å²) in [6, 6.07) is 14.1. The number of carbonyl (C=O) groups is 3. The second kappa shape index (κ2) is 16.9. The number of fused-ring (bicyclic) bond motifs is 3. The number of rotatable bonds is 10. The molecule has 2 aliphatic heterocycles. The number of benzene rings is 2. The molecule has 296 valence electrons. The first-order valence-electron chi connectivity index (χ1n) is 19.6. The summed E-state index contributed by atoms with van der Waals surface area (Å²) in [6.07, 6.45) is 7.78. The van der Waals surface area contributed by atoms with Gasteiger partial charge in [0, 0.05) is 48.3 Å². The van der Waals surface area contributed by atoms with Gasteiger partial charge in [-0.1, -0.05) is 44.6 Å². The third-order valence-corrected chi connectivity index (χ3v) is 11.8. The molecule has 2 aromatic heterocycles. The molecular weight excluding hydrogens is 731 g/mol. The van der Waals surface area contributed by atoms with Gasteiger partial charge in [-0.15, -0.1) is 11.3 Å². The van der Waals surface area contributed by atoms with E-state index in [4.69, 9.17) is 28.9 Å². The zero-order valence-corrected chi connectivity index (χ0v) is 33.6. The van der Waals surface area contributed by atoms with E-state index in [1.807, 2.05) is 64.9 Å². The molecule has 4 atom stereocenters. The summed E-state index contributed by atoms with van der Waals surface area (Å²) in [4.78, 5) is 55.9. The van der Waals surface area contributed by atoms with Crippen LogP contribution in [0.3, 0.4) is 0 Å². The lowest BCUT2D eigenvalue weighted by Gasteiger charge is -2.32. The number of amides is 3. The van der Waals surface area contributed by atoms with Crippen molar-refractivity contribution in [1.82, 2.24) is 25.1 Å². The van der Waals surface area contributed by atoms with Crippen molar-refractivity contribution >= 4 is 40.1 Å². The summed E-state index contributed by atoms with van der Waals surface area (Å²) in [5, 5.41) is 6.66. The van der Waals surface area contributed by atoms with Crippen molar-refractivity contribution in [2.24, 2.45) is 5.92 Å². The van der Waals surface area contributed by atoms with Crippen molar-refractivity contribution in [3.05, 3.63) is 77.3 Å². The minimum absolute atomic E-state index is 0.163. The molecule has 2 fully saturated rings. The molecule has 1 aliphatic carbocycles. The number of pyridine rings is 1. The highest BCUT2D eigenvalue weighted by atomic mass is 32.1. The zero-order chi connectivity index (χ0) is 39.4. The molecule has 3 amide bonds. The van der Waals surface area contributed by atoms with E-state index in [0.29, 0.717) is 42.2 Å². The van der Waals surface area contributed by atoms with Gasteiger partial charge in [-0.3, -0.25) is 4.79 Å². The summed E-state index contributed by atoms with van der Waals surface area (Å²) in [5.41, 5.74) is 2.10. The highest BCUT2D eigenvalue weighted by molar-refractivity contribution is 7.13. The number of nitrogens with zero attached hydrogens (tertiary/aromatic N) is 4. The Labute approximate surface area is 332 Å². The van der Waals surface area contributed by atoms with Gasteiger partial charge in [0.15, 0.2) is 0 Å². The molecule has 4 heterocycles. The summed E-state index contributed by atoms with van der Waals surface area (Å²) in [7, 11) is 3.24. The number of nitrogens with one attached hydrogen (secondary N) is 1. The zero-order valence-electron chi connectivity index (χ0n) is 32.8. The van der Waals surface area contributed by atoms with Gasteiger partial charge in [0.05, 0.1) is 38.6 Å². The molecule has 1 saturated heterocycles. The van der Waals surface area contributed by atoms with E-state index >= 15 is 0 Å². The third-order valence-electron chi connectivity index (χ3n) is 10.9. The molecule has 0 radical (unpaired) electrons. The average molecular weight is 782 g/mol. The molecule has 0 spiro atoms. The summed E-state index contributed by atoms with van der Waals surface area (Å²) in [6.45, 7) is 7.21. The van der Waals surface area contributed by atoms with Gasteiger partial charge in [-0.05, 0) is 68.4 Å². The number of methoxy groups -OCH3 is 2. The molecule has 1 N–H and O–H groups in total. The van der Waals surface area contributed by atoms with Crippen LogP contribution >= 0.6 is 11.3 Å². The van der Waals surface area contributed by atoms with Crippen LogP contribution in [0.25, 0.3) is 21.6 Å². The van der Waals surface area contributed by atoms with E-state index in [1.165, 1.54) is 11.3 Å². The van der Waals surface area contributed by atoms with Crippen LogP contribution in [0, 0.1) is 5.92 Å². The van der Waals surface area contributed by atoms with Crippen molar-refractivity contribution in [3.8, 4) is 28.0 Å². The predicted molar refractivity (Wildman–Crippen MR) is 215 cm³/mol. The molecule has 13 heteroatoms. The van der Waals surface area contributed by atoms with E-state index in [9.17, 15) is 14.4 Å². The Balaban J connectivity index is 1.24. The maximum Gasteiger partial charge on any atom is 0.332 e. The Bertz CT molecular complexity index is 2080. The molecule has 7 rings (SSSR count). The van der Waals surface area contributed by atoms with Gasteiger partial charge >= 0.3 is 12.0 Å². The van der Waals surface area contributed by atoms with Crippen LogP contribution in [0.2, 0.25) is 0 Å². The van der Waals surface area contributed by atoms with E-state index < -0.39 is 29.6 Å². The second-order valence-electron chi connectivity index (χ2n) is 15.1. The number of esters is 1. The normalized spacial score (nSPS) is 23.4. The quantitative estimate of drug-likeness (QED) is 0.128. The van der Waals surface area contributed by atoms with Crippen molar-refractivity contribution in [2.45, 2.75) is 89.4 Å². The fourth-order valence-electron chi connectivity index (χ4n) is 7.59. The average Bonchev–Trinajstić information content (AvgIpc) is 3.48. The minimum Gasteiger partial charge on any atom is -0.497 e. The Hall–Kier alpha value is -5.17. The first-order valence-corrected chi connectivity index (χ1v) is 20.5. The first-order chi connectivity index (χ1) is 27.1. The summed E-state index contributed by atoms with van der Waals surface area (Å²) in [5.74, 6) is 1.19. The summed E-state index contributed by atoms with van der Waals surface area (Å²) >= 11 is 1.53. The number of ether oxygens (including phenoxy) is 4. The second-order valence-corrected chi connectivity index (χ2v) is 15.9. The number of aromatic nitrogens is 2.